The van der Waals surface area contributed by atoms with Gasteiger partial charge in [-0.3, -0.25) is 0 Å². The monoisotopic (exact) mass is 664 g/mol. The first kappa shape index (κ1) is 31.9. The van der Waals surface area contributed by atoms with Gasteiger partial charge in [0.15, 0.2) is 0 Å². The molecule has 1 aliphatic rings. The van der Waals surface area contributed by atoms with E-state index in [0.717, 1.165) is 0 Å². The van der Waals surface area contributed by atoms with Gasteiger partial charge in [0.2, 0.25) is 0 Å². The fraction of sp³-hybridized carbons (Fsp3) is 0.265. The smallest absolute Gasteiger partial charge is 0.0541 e. The molecule has 0 amide bonds. The predicted octanol–water partition coefficient (Wildman–Crippen LogP) is 14.1. The molecule has 0 radical (unpaired) electrons. The first-order chi connectivity index (χ1) is 25.2. The number of benzene rings is 6. The van der Waals surface area contributed by atoms with Gasteiger partial charge in [0.05, 0.1) is 22.1 Å². The number of hydrogen-bond acceptors (Lipinski definition) is 0. The van der Waals surface area contributed by atoms with Gasteiger partial charge in [-0.15, -0.1) is 0 Å². The summed E-state index contributed by atoms with van der Waals surface area (Å²) in [6.07, 6.45) is 12.6. The maximum Gasteiger partial charge on any atom is 0.0541 e. The van der Waals surface area contributed by atoms with Crippen LogP contribution in [0.4, 0.5) is 0 Å². The SMILES string of the molecule is CCCCCCC1(CCCCCC)c2cc(-n3c4ccccc4c4ccccc43)ccc2-c2ccc(-n3c4ccccc4c4ccccc43)cc21. The van der Waals surface area contributed by atoms with Crippen LogP contribution in [0, 0.1) is 0 Å². The van der Waals surface area contributed by atoms with Gasteiger partial charge in [-0.05, 0) is 83.6 Å². The van der Waals surface area contributed by atoms with E-state index in [1.807, 2.05) is 0 Å². The lowest BCUT2D eigenvalue weighted by molar-refractivity contribution is 0.401. The zero-order chi connectivity index (χ0) is 34.4. The van der Waals surface area contributed by atoms with Crippen LogP contribution in [-0.4, -0.2) is 9.13 Å². The largest absolute Gasteiger partial charge is 0.309 e. The summed E-state index contributed by atoms with van der Waals surface area (Å²) in [7, 11) is 0. The van der Waals surface area contributed by atoms with Gasteiger partial charge < -0.3 is 9.13 Å². The van der Waals surface area contributed by atoms with E-state index in [1.54, 1.807) is 0 Å². The molecular weight excluding hydrogens is 617 g/mol. The fourth-order valence-electron chi connectivity index (χ4n) is 9.52. The van der Waals surface area contributed by atoms with E-state index in [-0.39, 0.29) is 5.41 Å². The lowest BCUT2D eigenvalue weighted by atomic mass is 9.70. The van der Waals surface area contributed by atoms with Crippen molar-refractivity contribution in [2.75, 3.05) is 0 Å². The van der Waals surface area contributed by atoms with E-state index in [9.17, 15) is 0 Å². The Morgan fingerprint density at radius 3 is 1.10 bits per heavy atom. The molecule has 1 aliphatic carbocycles. The molecule has 6 aromatic carbocycles. The summed E-state index contributed by atoms with van der Waals surface area (Å²) in [5.74, 6) is 0. The topological polar surface area (TPSA) is 9.86 Å². The normalized spacial score (nSPS) is 13.5. The van der Waals surface area contributed by atoms with E-state index in [2.05, 4.69) is 156 Å². The molecule has 0 atom stereocenters. The summed E-state index contributed by atoms with van der Waals surface area (Å²) in [4.78, 5) is 0. The minimum atomic E-state index is -0.0321. The van der Waals surface area contributed by atoms with Gasteiger partial charge in [-0.1, -0.05) is 150 Å². The standard InChI is InChI=1S/C49H48N2/c1-3-5-7-17-31-49(32-18-8-6-4-2)43-33-35(50-45-23-13-9-19-39(45)40-20-10-14-24-46(40)50)27-29-37(43)38-30-28-36(34-44(38)49)51-47-25-15-11-21-41(47)42-22-12-16-26-48(42)51/h9-16,19-30,33-34H,3-8,17-18,31-32H2,1-2H3. The van der Waals surface area contributed by atoms with Crippen LogP contribution < -0.4 is 0 Å². The highest BCUT2D eigenvalue weighted by Gasteiger charge is 2.43. The fourth-order valence-corrected chi connectivity index (χ4v) is 9.52. The first-order valence-corrected chi connectivity index (χ1v) is 19.5. The Morgan fingerprint density at radius 2 is 0.745 bits per heavy atom. The molecule has 0 saturated carbocycles. The van der Waals surface area contributed by atoms with E-state index >= 15 is 0 Å². The second-order valence-electron chi connectivity index (χ2n) is 14.9. The lowest BCUT2D eigenvalue weighted by Gasteiger charge is -2.33. The molecule has 2 heteroatoms. The molecule has 2 heterocycles. The van der Waals surface area contributed by atoms with Crippen molar-refractivity contribution in [2.45, 2.75) is 83.5 Å². The van der Waals surface area contributed by atoms with Crippen molar-refractivity contribution in [1.29, 1.82) is 0 Å². The van der Waals surface area contributed by atoms with Crippen LogP contribution in [0.1, 0.15) is 89.2 Å². The molecule has 9 rings (SSSR count). The van der Waals surface area contributed by atoms with Crippen molar-refractivity contribution in [3.63, 3.8) is 0 Å². The molecule has 254 valence electrons. The quantitative estimate of drug-likeness (QED) is 0.115. The predicted molar refractivity (Wildman–Crippen MR) is 219 cm³/mol. The van der Waals surface area contributed by atoms with Crippen LogP contribution in [-0.2, 0) is 5.41 Å². The highest BCUT2D eigenvalue weighted by molar-refractivity contribution is 6.10. The average Bonchev–Trinajstić information content (AvgIpc) is 3.79. The van der Waals surface area contributed by atoms with Crippen molar-refractivity contribution in [3.8, 4) is 22.5 Å². The minimum absolute atomic E-state index is 0.0321. The number of fused-ring (bicyclic) bond motifs is 9. The van der Waals surface area contributed by atoms with Crippen LogP contribution in [0.15, 0.2) is 133 Å². The number of rotatable bonds is 12. The maximum absolute atomic E-state index is 2.59. The summed E-state index contributed by atoms with van der Waals surface area (Å²) in [6, 6.07) is 50.5. The number of hydrogen-bond donors (Lipinski definition) is 0. The van der Waals surface area contributed by atoms with Crippen LogP contribution in [0.5, 0.6) is 0 Å². The highest BCUT2D eigenvalue weighted by atomic mass is 15.0. The zero-order valence-corrected chi connectivity index (χ0v) is 30.2. The van der Waals surface area contributed by atoms with Crippen LogP contribution in [0.3, 0.4) is 0 Å². The average molecular weight is 665 g/mol. The molecule has 2 aromatic heterocycles. The van der Waals surface area contributed by atoms with Crippen molar-refractivity contribution in [1.82, 2.24) is 9.13 Å². The van der Waals surface area contributed by atoms with Crippen LogP contribution in [0.25, 0.3) is 66.1 Å². The molecule has 0 unspecified atom stereocenters. The number of nitrogens with zero attached hydrogens (tertiary/aromatic N) is 2. The Kier molecular flexibility index (Phi) is 8.27. The Hall–Kier alpha value is -5.08. The molecule has 51 heavy (non-hydrogen) atoms. The van der Waals surface area contributed by atoms with Gasteiger partial charge in [0.1, 0.15) is 0 Å². The van der Waals surface area contributed by atoms with Crippen molar-refractivity contribution < 1.29 is 0 Å². The number of para-hydroxylation sites is 4. The second kappa shape index (κ2) is 13.2. The Balaban J connectivity index is 1.27. The molecule has 8 aromatic rings. The minimum Gasteiger partial charge on any atom is -0.309 e. The third-order valence-electron chi connectivity index (χ3n) is 11.9. The molecule has 2 nitrogen and oxygen atoms in total. The number of aromatic nitrogens is 2. The molecule has 0 saturated heterocycles. The molecule has 0 fully saturated rings. The van der Waals surface area contributed by atoms with Gasteiger partial charge >= 0.3 is 0 Å². The third kappa shape index (κ3) is 5.14. The summed E-state index contributed by atoms with van der Waals surface area (Å²) >= 11 is 0. The Morgan fingerprint density at radius 1 is 0.392 bits per heavy atom. The van der Waals surface area contributed by atoms with Crippen molar-refractivity contribution in [3.05, 3.63) is 145 Å². The summed E-state index contributed by atoms with van der Waals surface area (Å²) in [5.41, 5.74) is 13.5. The van der Waals surface area contributed by atoms with Crippen molar-refractivity contribution in [2.24, 2.45) is 0 Å². The molecule has 0 N–H and O–H groups in total. The molecule has 0 aliphatic heterocycles. The summed E-state index contributed by atoms with van der Waals surface area (Å²) < 4.78 is 5.02. The third-order valence-corrected chi connectivity index (χ3v) is 11.9. The van der Waals surface area contributed by atoms with E-state index < -0.39 is 0 Å². The van der Waals surface area contributed by atoms with Crippen LogP contribution >= 0.6 is 0 Å². The first-order valence-electron chi connectivity index (χ1n) is 19.5. The van der Waals surface area contributed by atoms with Gasteiger partial charge in [0.25, 0.3) is 0 Å². The molecular formula is C49H48N2. The summed E-state index contributed by atoms with van der Waals surface area (Å²) in [6.45, 7) is 4.66. The maximum atomic E-state index is 2.59. The Labute approximate surface area is 302 Å². The van der Waals surface area contributed by atoms with E-state index in [4.69, 9.17) is 0 Å². The van der Waals surface area contributed by atoms with Gasteiger partial charge in [0, 0.05) is 38.3 Å². The summed E-state index contributed by atoms with van der Waals surface area (Å²) in [5, 5.41) is 5.27. The zero-order valence-electron chi connectivity index (χ0n) is 30.2. The lowest BCUT2D eigenvalue weighted by Crippen LogP contribution is -2.26. The number of unbranched alkanes of at least 4 members (excludes halogenated alkanes) is 6. The molecule has 0 bridgehead atoms. The Bertz CT molecular complexity index is 2240. The van der Waals surface area contributed by atoms with Crippen LogP contribution in [0.2, 0.25) is 0 Å². The highest BCUT2D eigenvalue weighted by Crippen LogP contribution is 2.55. The second-order valence-corrected chi connectivity index (χ2v) is 14.9. The van der Waals surface area contributed by atoms with E-state index in [0.29, 0.717) is 0 Å². The molecule has 0 spiro atoms. The van der Waals surface area contributed by atoms with Gasteiger partial charge in [-0.25, -0.2) is 0 Å². The van der Waals surface area contributed by atoms with Crippen molar-refractivity contribution >= 4 is 43.6 Å². The van der Waals surface area contributed by atoms with Gasteiger partial charge in [-0.2, -0.15) is 0 Å². The van der Waals surface area contributed by atoms with E-state index in [1.165, 1.54) is 141 Å².